The fourth-order valence-electron chi connectivity index (χ4n) is 8.10. The van der Waals surface area contributed by atoms with Gasteiger partial charge in [0.15, 0.2) is 0 Å². The Morgan fingerprint density at radius 2 is 0.904 bits per heavy atom. The van der Waals surface area contributed by atoms with Crippen LogP contribution in [0, 0.1) is 35.3 Å². The summed E-state index contributed by atoms with van der Waals surface area (Å²) in [6.07, 6.45) is 1.55. The number of esters is 1. The first-order chi connectivity index (χ1) is 34.8. The van der Waals surface area contributed by atoms with E-state index in [-0.39, 0.29) is 53.1 Å². The number of ether oxygens (including phenoxy) is 5. The lowest BCUT2D eigenvalue weighted by Crippen LogP contribution is -2.13. The van der Waals surface area contributed by atoms with Crippen LogP contribution in [0.1, 0.15) is 126 Å². The Balaban J connectivity index is 0.000000271. The molecule has 0 aliphatic rings. The zero-order chi connectivity index (χ0) is 53.3. The van der Waals surface area contributed by atoms with Crippen molar-refractivity contribution < 1.29 is 47.2 Å². The number of carbonyl (C=O) groups excluding carboxylic acids is 1. The number of methoxy groups -OCH3 is 3. The SMILES string of the molecule is CCC#C[C@H](CC(=O)O)c1ccc(OCc2ccc(C(C)(C)C)c(-c3cc(OC)ccc3F)c2)cc1.CCC#C[C@H](CC(=O)OC)c1ccc(OCc2ccc(C(C)(C)C)c(-c3cc(OC)ccc3F)c2)cc1. The average Bonchev–Trinajstić information content (AvgIpc) is 3.37. The molecule has 1 N–H and O–H groups in total. The predicted molar refractivity (Wildman–Crippen MR) is 286 cm³/mol. The molecule has 0 heterocycles. The highest BCUT2D eigenvalue weighted by Crippen LogP contribution is 2.39. The summed E-state index contributed by atoms with van der Waals surface area (Å²) in [6, 6.07) is 36.5. The van der Waals surface area contributed by atoms with E-state index in [1.807, 2.05) is 98.8 Å². The third-order valence-electron chi connectivity index (χ3n) is 12.0. The van der Waals surface area contributed by atoms with Gasteiger partial charge in [-0.25, -0.2) is 8.78 Å². The fourth-order valence-corrected chi connectivity index (χ4v) is 8.10. The van der Waals surface area contributed by atoms with Crippen molar-refractivity contribution in [2.24, 2.45) is 0 Å². The van der Waals surface area contributed by atoms with Gasteiger partial charge in [0.25, 0.3) is 0 Å². The largest absolute Gasteiger partial charge is 0.497 e. The van der Waals surface area contributed by atoms with Crippen LogP contribution in [0.4, 0.5) is 8.78 Å². The Morgan fingerprint density at radius 1 is 0.521 bits per heavy atom. The predicted octanol–water partition coefficient (Wildman–Crippen LogP) is 14.8. The van der Waals surface area contributed by atoms with Crippen LogP contribution in [0.3, 0.4) is 0 Å². The first kappa shape index (κ1) is 56.4. The second-order valence-corrected chi connectivity index (χ2v) is 19.5. The molecule has 382 valence electrons. The molecule has 2 atom stereocenters. The smallest absolute Gasteiger partial charge is 0.307 e. The Bertz CT molecular complexity index is 2940. The molecular weight excluding hydrogens is 923 g/mol. The van der Waals surface area contributed by atoms with Gasteiger partial charge in [-0.2, -0.15) is 0 Å². The van der Waals surface area contributed by atoms with Gasteiger partial charge < -0.3 is 28.8 Å². The van der Waals surface area contributed by atoms with Gasteiger partial charge in [-0.3, -0.25) is 9.59 Å². The summed E-state index contributed by atoms with van der Waals surface area (Å²) in [5.74, 6) is 12.4. The van der Waals surface area contributed by atoms with Gasteiger partial charge in [0.2, 0.25) is 0 Å². The minimum Gasteiger partial charge on any atom is -0.497 e. The Hall–Kier alpha value is -7.56. The average molecular weight is 991 g/mol. The number of benzene rings is 6. The van der Waals surface area contributed by atoms with Crippen molar-refractivity contribution in [3.8, 4) is 68.9 Å². The number of aliphatic carboxylic acids is 1. The lowest BCUT2D eigenvalue weighted by atomic mass is 9.81. The first-order valence-corrected chi connectivity index (χ1v) is 24.4. The molecule has 8 nitrogen and oxygen atoms in total. The van der Waals surface area contributed by atoms with E-state index in [9.17, 15) is 23.5 Å². The second-order valence-electron chi connectivity index (χ2n) is 19.5. The Kier molecular flexibility index (Phi) is 20.2. The van der Waals surface area contributed by atoms with Crippen LogP contribution < -0.4 is 18.9 Å². The van der Waals surface area contributed by atoms with Gasteiger partial charge in [0.05, 0.1) is 46.0 Å². The Labute approximate surface area is 431 Å². The minimum atomic E-state index is -0.882. The topological polar surface area (TPSA) is 101 Å². The lowest BCUT2D eigenvalue weighted by molar-refractivity contribution is -0.141. The number of carboxylic acids is 1. The monoisotopic (exact) mass is 990 g/mol. The Morgan fingerprint density at radius 3 is 1.25 bits per heavy atom. The number of rotatable bonds is 16. The van der Waals surface area contributed by atoms with Crippen LogP contribution in [0.15, 0.2) is 121 Å². The molecular formula is C63H68F2O8. The summed E-state index contributed by atoms with van der Waals surface area (Å²) in [4.78, 5) is 23.0. The number of hydrogen-bond donors (Lipinski definition) is 1. The molecule has 0 amide bonds. The van der Waals surface area contributed by atoms with Crippen LogP contribution in [0.5, 0.6) is 23.0 Å². The van der Waals surface area contributed by atoms with Crippen LogP contribution in [0.2, 0.25) is 0 Å². The molecule has 0 fully saturated rings. The van der Waals surface area contributed by atoms with Gasteiger partial charge in [-0.05, 0) is 128 Å². The maximum atomic E-state index is 14.9. The maximum Gasteiger partial charge on any atom is 0.307 e. The van der Waals surface area contributed by atoms with E-state index in [0.717, 1.165) is 44.5 Å². The van der Waals surface area contributed by atoms with Gasteiger partial charge >= 0.3 is 11.9 Å². The molecule has 0 aliphatic heterocycles. The lowest BCUT2D eigenvalue weighted by Gasteiger charge is -2.24. The molecule has 6 aromatic rings. The summed E-state index contributed by atoms with van der Waals surface area (Å²) in [7, 11) is 4.52. The van der Waals surface area contributed by atoms with E-state index >= 15 is 0 Å². The van der Waals surface area contributed by atoms with Crippen molar-refractivity contribution in [1.82, 2.24) is 0 Å². The van der Waals surface area contributed by atoms with Gasteiger partial charge in [-0.15, -0.1) is 11.8 Å². The molecule has 6 rings (SSSR count). The fraction of sp³-hybridized carbons (Fsp3) is 0.333. The third kappa shape index (κ3) is 16.2. The molecule has 0 unspecified atom stereocenters. The number of halogens is 2. The molecule has 0 aliphatic carbocycles. The van der Waals surface area contributed by atoms with Crippen molar-refractivity contribution in [1.29, 1.82) is 0 Å². The molecule has 10 heteroatoms. The van der Waals surface area contributed by atoms with E-state index in [2.05, 4.69) is 65.2 Å². The van der Waals surface area contributed by atoms with Gasteiger partial charge in [0.1, 0.15) is 47.8 Å². The quantitative estimate of drug-likeness (QED) is 0.0756. The minimum absolute atomic E-state index is 0.0447. The van der Waals surface area contributed by atoms with Crippen molar-refractivity contribution in [3.63, 3.8) is 0 Å². The van der Waals surface area contributed by atoms with E-state index in [4.69, 9.17) is 23.7 Å². The van der Waals surface area contributed by atoms with Gasteiger partial charge in [-0.1, -0.05) is 116 Å². The van der Waals surface area contributed by atoms with Crippen LogP contribution >= 0.6 is 0 Å². The normalized spacial score (nSPS) is 11.8. The second kappa shape index (κ2) is 26.2. The van der Waals surface area contributed by atoms with Gasteiger partial charge in [0, 0.05) is 24.0 Å². The summed E-state index contributed by atoms with van der Waals surface area (Å²) < 4.78 is 57.3. The van der Waals surface area contributed by atoms with Crippen LogP contribution in [0.25, 0.3) is 22.3 Å². The highest BCUT2D eigenvalue weighted by molar-refractivity contribution is 5.73. The van der Waals surface area contributed by atoms with E-state index in [1.54, 1.807) is 38.5 Å². The van der Waals surface area contributed by atoms with Crippen LogP contribution in [-0.4, -0.2) is 38.4 Å². The number of hydrogen-bond acceptors (Lipinski definition) is 7. The van der Waals surface area contributed by atoms with Crippen molar-refractivity contribution in [2.45, 2.75) is 117 Å². The first-order valence-electron chi connectivity index (χ1n) is 24.4. The molecule has 73 heavy (non-hydrogen) atoms. The molecule has 0 saturated heterocycles. The molecule has 6 aromatic carbocycles. The standard InChI is InChI=1S/C32H35FO4.C31H33FO4/c1-7-8-9-24(19-31(34)36-6)23-11-13-25(14-12-23)37-21-22-10-16-29(32(2,3)4)27(18-22)28-20-26(35-5)15-17-30(28)33;1-6-7-8-23(18-30(33)34)22-10-12-24(13-11-22)36-20-21-9-15-28(31(2,3)4)26(17-21)27-19-25(35-5)14-16-29(27)32/h10-18,20,24H,7,19,21H2,1-6H3;9-17,19,23H,6,18,20H2,1-5H3,(H,33,34)/t24-;23-/m11/s1. The summed E-state index contributed by atoms with van der Waals surface area (Å²) >= 11 is 0. The van der Waals surface area contributed by atoms with Crippen LogP contribution in [-0.2, 0) is 38.4 Å². The highest BCUT2D eigenvalue weighted by Gasteiger charge is 2.24. The number of carbonyl (C=O) groups is 2. The van der Waals surface area contributed by atoms with E-state index in [1.165, 1.54) is 19.2 Å². The summed E-state index contributed by atoms with van der Waals surface area (Å²) in [6.45, 7) is 17.2. The number of carboxylic acid groups (broad SMARTS) is 1. The maximum absolute atomic E-state index is 14.9. The molecule has 0 aromatic heterocycles. The molecule has 0 radical (unpaired) electrons. The highest BCUT2D eigenvalue weighted by atomic mass is 19.1. The van der Waals surface area contributed by atoms with E-state index in [0.29, 0.717) is 60.2 Å². The molecule has 0 saturated carbocycles. The summed E-state index contributed by atoms with van der Waals surface area (Å²) in [5.41, 5.74) is 7.92. The van der Waals surface area contributed by atoms with Crippen molar-refractivity contribution >= 4 is 11.9 Å². The van der Waals surface area contributed by atoms with Crippen molar-refractivity contribution in [3.05, 3.63) is 166 Å². The molecule has 0 spiro atoms. The third-order valence-corrected chi connectivity index (χ3v) is 12.0. The molecule has 0 bridgehead atoms. The van der Waals surface area contributed by atoms with Crippen molar-refractivity contribution in [2.75, 3.05) is 21.3 Å². The van der Waals surface area contributed by atoms with E-state index < -0.39 is 5.97 Å². The zero-order valence-electron chi connectivity index (χ0n) is 44.0. The summed E-state index contributed by atoms with van der Waals surface area (Å²) in [5, 5.41) is 9.21. The zero-order valence-corrected chi connectivity index (χ0v) is 44.0.